The fourth-order valence-electron chi connectivity index (χ4n) is 4.06. The molecule has 0 unspecified atom stereocenters. The number of aliphatic hydroxyl groups is 2. The van der Waals surface area contributed by atoms with Crippen LogP contribution in [0.2, 0.25) is 0 Å². The van der Waals surface area contributed by atoms with E-state index in [1.807, 2.05) is 67.7 Å². The second-order valence-corrected chi connectivity index (χ2v) is 8.33. The number of aliphatic hydroxyl groups excluding tert-OH is 2. The van der Waals surface area contributed by atoms with E-state index in [-0.39, 0.29) is 19.1 Å². The highest BCUT2D eigenvalue weighted by Gasteiger charge is 2.19. The number of nitrogens with one attached hydrogen (secondary N) is 2. The van der Waals surface area contributed by atoms with Gasteiger partial charge in [-0.1, -0.05) is 49.4 Å². The number of benzene rings is 3. The van der Waals surface area contributed by atoms with Crippen LogP contribution in [0, 0.1) is 0 Å². The summed E-state index contributed by atoms with van der Waals surface area (Å²) in [6, 6.07) is 20.6. The van der Waals surface area contributed by atoms with E-state index in [1.165, 1.54) is 0 Å². The Balaban J connectivity index is 1.60. The lowest BCUT2D eigenvalue weighted by Gasteiger charge is -2.18. The Morgan fingerprint density at radius 3 is 2.65 bits per heavy atom. The number of carbonyl (C=O) groups is 1. The molecule has 0 aliphatic rings. The number of rotatable bonds is 10. The standard InChI is InChI=1S/C28H30N2O4/c1-2-12-34-27-11-10-21(20-7-5-6-19(13-20)17-31)15-25(27)28(33)30-23(18-32)14-22-16-29-26-9-4-3-8-24(22)26/h3-11,13,15-16,23,29,31-32H,2,12,14,17-18H2,1H3,(H,30,33)/t23-/m0/s1. The summed E-state index contributed by atoms with van der Waals surface area (Å²) in [7, 11) is 0. The molecule has 4 rings (SSSR count). The van der Waals surface area contributed by atoms with Crippen LogP contribution in [0.25, 0.3) is 22.0 Å². The quantitative estimate of drug-likeness (QED) is 0.282. The Bertz CT molecular complexity index is 1260. The van der Waals surface area contributed by atoms with Gasteiger partial charge in [0, 0.05) is 17.1 Å². The first-order valence-electron chi connectivity index (χ1n) is 11.6. The minimum absolute atomic E-state index is 0.0507. The van der Waals surface area contributed by atoms with Crippen molar-refractivity contribution in [3.63, 3.8) is 0 Å². The molecule has 1 heterocycles. The van der Waals surface area contributed by atoms with Gasteiger partial charge in [-0.2, -0.15) is 0 Å². The molecule has 6 heteroatoms. The van der Waals surface area contributed by atoms with Gasteiger partial charge in [-0.3, -0.25) is 4.79 Å². The minimum atomic E-state index is -0.452. The van der Waals surface area contributed by atoms with Crippen molar-refractivity contribution in [2.24, 2.45) is 0 Å². The van der Waals surface area contributed by atoms with Crippen molar-refractivity contribution in [2.45, 2.75) is 32.4 Å². The normalized spacial score (nSPS) is 12.0. The molecule has 0 aliphatic carbocycles. The first-order valence-corrected chi connectivity index (χ1v) is 11.6. The second-order valence-electron chi connectivity index (χ2n) is 8.33. The number of aromatic amines is 1. The van der Waals surface area contributed by atoms with Gasteiger partial charge in [0.2, 0.25) is 0 Å². The largest absolute Gasteiger partial charge is 0.493 e. The van der Waals surface area contributed by atoms with E-state index >= 15 is 0 Å². The smallest absolute Gasteiger partial charge is 0.255 e. The monoisotopic (exact) mass is 458 g/mol. The molecule has 34 heavy (non-hydrogen) atoms. The van der Waals surface area contributed by atoms with Crippen LogP contribution >= 0.6 is 0 Å². The van der Waals surface area contributed by atoms with Crippen molar-refractivity contribution in [1.29, 1.82) is 0 Å². The molecule has 3 aromatic carbocycles. The van der Waals surface area contributed by atoms with Crippen LogP contribution in [-0.4, -0.2) is 40.4 Å². The molecule has 1 amide bonds. The first-order chi connectivity index (χ1) is 16.6. The number of amides is 1. The lowest BCUT2D eigenvalue weighted by molar-refractivity contribution is 0.0912. The number of H-pyrrole nitrogens is 1. The molecule has 4 N–H and O–H groups in total. The zero-order valence-electron chi connectivity index (χ0n) is 19.3. The maximum absolute atomic E-state index is 13.3. The fraction of sp³-hybridized carbons (Fsp3) is 0.250. The van der Waals surface area contributed by atoms with E-state index < -0.39 is 6.04 Å². The van der Waals surface area contributed by atoms with E-state index in [1.54, 1.807) is 12.1 Å². The predicted molar refractivity (Wildman–Crippen MR) is 134 cm³/mol. The molecule has 0 bridgehead atoms. The van der Waals surface area contributed by atoms with Gasteiger partial charge in [-0.05, 0) is 59.4 Å². The summed E-state index contributed by atoms with van der Waals surface area (Å²) < 4.78 is 5.85. The summed E-state index contributed by atoms with van der Waals surface area (Å²) in [6.07, 6.45) is 3.24. The van der Waals surface area contributed by atoms with Gasteiger partial charge in [0.1, 0.15) is 5.75 Å². The third kappa shape index (κ3) is 5.30. The Morgan fingerprint density at radius 1 is 1.03 bits per heavy atom. The number of aromatic nitrogens is 1. The van der Waals surface area contributed by atoms with Crippen molar-refractivity contribution in [3.05, 3.63) is 89.6 Å². The Hall–Kier alpha value is -3.61. The van der Waals surface area contributed by atoms with Gasteiger partial charge in [0.25, 0.3) is 5.91 Å². The fourth-order valence-corrected chi connectivity index (χ4v) is 4.06. The predicted octanol–water partition coefficient (Wildman–Crippen LogP) is 4.45. The number of hydrogen-bond donors (Lipinski definition) is 4. The average Bonchev–Trinajstić information content (AvgIpc) is 3.29. The summed E-state index contributed by atoms with van der Waals surface area (Å²) in [4.78, 5) is 16.6. The number of hydrogen-bond acceptors (Lipinski definition) is 4. The molecule has 0 fully saturated rings. The van der Waals surface area contributed by atoms with Crippen LogP contribution in [0.1, 0.15) is 34.8 Å². The third-order valence-electron chi connectivity index (χ3n) is 5.83. The van der Waals surface area contributed by atoms with E-state index in [0.717, 1.165) is 39.6 Å². The van der Waals surface area contributed by atoms with Crippen molar-refractivity contribution >= 4 is 16.8 Å². The first kappa shape index (κ1) is 23.5. The Kier molecular flexibility index (Phi) is 7.62. The van der Waals surface area contributed by atoms with E-state index in [4.69, 9.17) is 4.74 Å². The zero-order chi connectivity index (χ0) is 23.9. The highest BCUT2D eigenvalue weighted by molar-refractivity contribution is 5.98. The maximum Gasteiger partial charge on any atom is 0.255 e. The number of carbonyl (C=O) groups excluding carboxylic acids is 1. The van der Waals surface area contributed by atoms with Gasteiger partial charge >= 0.3 is 0 Å². The molecular formula is C28H30N2O4. The second kappa shape index (κ2) is 11.0. The van der Waals surface area contributed by atoms with Crippen molar-refractivity contribution < 1.29 is 19.7 Å². The molecule has 176 valence electrons. The number of fused-ring (bicyclic) bond motifs is 1. The van der Waals surface area contributed by atoms with Gasteiger partial charge in [0.15, 0.2) is 0 Å². The van der Waals surface area contributed by atoms with Gasteiger partial charge in [0.05, 0.1) is 31.4 Å². The van der Waals surface area contributed by atoms with Crippen LogP contribution in [0.3, 0.4) is 0 Å². The lowest BCUT2D eigenvalue weighted by Crippen LogP contribution is -2.39. The van der Waals surface area contributed by atoms with Crippen molar-refractivity contribution in [1.82, 2.24) is 10.3 Å². The van der Waals surface area contributed by atoms with Crippen molar-refractivity contribution in [3.8, 4) is 16.9 Å². The van der Waals surface area contributed by atoms with Gasteiger partial charge in [-0.15, -0.1) is 0 Å². The molecular weight excluding hydrogens is 428 g/mol. The zero-order valence-corrected chi connectivity index (χ0v) is 19.3. The van der Waals surface area contributed by atoms with Crippen LogP contribution in [0.15, 0.2) is 72.9 Å². The topological polar surface area (TPSA) is 94.6 Å². The highest BCUT2D eigenvalue weighted by atomic mass is 16.5. The molecule has 0 saturated carbocycles. The summed E-state index contributed by atoms with van der Waals surface area (Å²) in [5.41, 5.74) is 5.02. The highest BCUT2D eigenvalue weighted by Crippen LogP contribution is 2.28. The Morgan fingerprint density at radius 2 is 1.85 bits per heavy atom. The van der Waals surface area contributed by atoms with E-state index in [9.17, 15) is 15.0 Å². The lowest BCUT2D eigenvalue weighted by atomic mass is 9.99. The van der Waals surface area contributed by atoms with Crippen LogP contribution in [0.5, 0.6) is 5.75 Å². The maximum atomic E-state index is 13.3. The molecule has 1 aromatic heterocycles. The van der Waals surface area contributed by atoms with E-state index in [0.29, 0.717) is 24.3 Å². The molecule has 6 nitrogen and oxygen atoms in total. The summed E-state index contributed by atoms with van der Waals surface area (Å²) >= 11 is 0. The Labute approximate surface area is 199 Å². The minimum Gasteiger partial charge on any atom is -0.493 e. The SMILES string of the molecule is CCCOc1ccc(-c2cccc(CO)c2)cc1C(=O)N[C@H](CO)Cc1c[nH]c2ccccc12. The summed E-state index contributed by atoms with van der Waals surface area (Å²) in [5.74, 6) is 0.204. The average molecular weight is 459 g/mol. The number of para-hydroxylation sites is 1. The van der Waals surface area contributed by atoms with Crippen LogP contribution in [0.4, 0.5) is 0 Å². The van der Waals surface area contributed by atoms with Crippen LogP contribution < -0.4 is 10.1 Å². The van der Waals surface area contributed by atoms with Crippen molar-refractivity contribution in [2.75, 3.05) is 13.2 Å². The van der Waals surface area contributed by atoms with Crippen LogP contribution in [-0.2, 0) is 13.0 Å². The summed E-state index contributed by atoms with van der Waals surface area (Å²) in [5, 5.41) is 23.6. The molecule has 0 spiro atoms. The van der Waals surface area contributed by atoms with E-state index in [2.05, 4.69) is 10.3 Å². The number of ether oxygens (including phenoxy) is 1. The molecule has 4 aromatic rings. The molecule has 0 radical (unpaired) electrons. The molecule has 0 saturated heterocycles. The molecule has 0 aliphatic heterocycles. The van der Waals surface area contributed by atoms with Gasteiger partial charge < -0.3 is 25.3 Å². The third-order valence-corrected chi connectivity index (χ3v) is 5.83. The summed E-state index contributed by atoms with van der Waals surface area (Å²) in [6.45, 7) is 2.27. The van der Waals surface area contributed by atoms with Gasteiger partial charge in [-0.25, -0.2) is 0 Å². The molecule has 1 atom stereocenters.